The van der Waals surface area contributed by atoms with Crippen molar-refractivity contribution in [3.63, 3.8) is 0 Å². The van der Waals surface area contributed by atoms with Gasteiger partial charge in [0, 0.05) is 17.5 Å². The summed E-state index contributed by atoms with van der Waals surface area (Å²) in [5.41, 5.74) is 1.16. The number of benzene rings is 1. The molecule has 4 unspecified atom stereocenters. The zero-order valence-electron chi connectivity index (χ0n) is 12.7. The molecule has 5 heteroatoms. The van der Waals surface area contributed by atoms with Gasteiger partial charge in [0.1, 0.15) is 16.0 Å². The van der Waals surface area contributed by atoms with Crippen molar-refractivity contribution in [1.29, 1.82) is 0 Å². The van der Waals surface area contributed by atoms with Crippen LogP contribution < -0.4 is 14.8 Å². The van der Waals surface area contributed by atoms with Crippen LogP contribution in [0.2, 0.25) is 0 Å². The summed E-state index contributed by atoms with van der Waals surface area (Å²) in [6.07, 6.45) is 4.33. The van der Waals surface area contributed by atoms with E-state index in [9.17, 15) is 0 Å². The van der Waals surface area contributed by atoms with E-state index in [2.05, 4.69) is 27.3 Å². The topological polar surface area (TPSA) is 39.7 Å². The summed E-state index contributed by atoms with van der Waals surface area (Å²) in [6, 6.07) is 4.31. The Hall–Kier alpha value is -0.780. The molecule has 0 aromatic heterocycles. The number of fused-ring (bicyclic) bond motifs is 2. The predicted octanol–water partition coefficient (Wildman–Crippen LogP) is 3.29. The molecule has 0 amide bonds. The average Bonchev–Trinajstić information content (AvgIpc) is 3.11. The lowest BCUT2D eigenvalue weighted by atomic mass is 9.81. The van der Waals surface area contributed by atoms with Crippen molar-refractivity contribution in [2.75, 3.05) is 21.3 Å². The van der Waals surface area contributed by atoms with Gasteiger partial charge in [-0.25, -0.2) is 0 Å². The normalized spacial score (nSPS) is 28.7. The molecule has 21 heavy (non-hydrogen) atoms. The van der Waals surface area contributed by atoms with Crippen molar-refractivity contribution < 1.29 is 14.2 Å². The van der Waals surface area contributed by atoms with E-state index in [4.69, 9.17) is 14.2 Å². The molecule has 1 N–H and O–H groups in total. The minimum Gasteiger partial charge on any atom is -0.495 e. The van der Waals surface area contributed by atoms with Crippen LogP contribution in [0.4, 0.5) is 0 Å². The van der Waals surface area contributed by atoms with Gasteiger partial charge in [-0.2, -0.15) is 0 Å². The predicted molar refractivity (Wildman–Crippen MR) is 85.0 cm³/mol. The van der Waals surface area contributed by atoms with E-state index in [0.29, 0.717) is 18.1 Å². The number of nitrogens with one attached hydrogen (secondary N) is 1. The highest BCUT2D eigenvalue weighted by Gasteiger charge is 2.45. The SMILES string of the molecule is CNC(c1ccc(OC)c(Br)c1OC)C1CC2CCC1O2. The Morgan fingerprint density at radius 2 is 2.10 bits per heavy atom. The van der Waals surface area contributed by atoms with Crippen LogP contribution in [-0.4, -0.2) is 33.5 Å². The maximum atomic E-state index is 6.02. The van der Waals surface area contributed by atoms with E-state index in [0.717, 1.165) is 28.0 Å². The molecule has 2 heterocycles. The summed E-state index contributed by atoms with van der Waals surface area (Å²) in [5.74, 6) is 2.13. The Labute approximate surface area is 134 Å². The summed E-state index contributed by atoms with van der Waals surface area (Å²) in [4.78, 5) is 0. The molecule has 2 fully saturated rings. The third kappa shape index (κ3) is 2.56. The van der Waals surface area contributed by atoms with Gasteiger partial charge in [-0.15, -0.1) is 0 Å². The van der Waals surface area contributed by atoms with Gasteiger partial charge in [0.15, 0.2) is 0 Å². The Balaban J connectivity index is 1.95. The molecular formula is C16H22BrNO3. The van der Waals surface area contributed by atoms with E-state index < -0.39 is 0 Å². The van der Waals surface area contributed by atoms with Crippen LogP contribution in [0.25, 0.3) is 0 Å². The second-order valence-corrected chi connectivity index (χ2v) is 6.54. The van der Waals surface area contributed by atoms with E-state index in [1.165, 1.54) is 12.8 Å². The highest BCUT2D eigenvalue weighted by atomic mass is 79.9. The Morgan fingerprint density at radius 3 is 2.62 bits per heavy atom. The van der Waals surface area contributed by atoms with Crippen molar-refractivity contribution in [3.05, 3.63) is 22.2 Å². The van der Waals surface area contributed by atoms with Gasteiger partial charge in [-0.3, -0.25) is 0 Å². The van der Waals surface area contributed by atoms with Gasteiger partial charge < -0.3 is 19.5 Å². The van der Waals surface area contributed by atoms with Gasteiger partial charge in [-0.05, 0) is 54.4 Å². The summed E-state index contributed by atoms with van der Waals surface area (Å²) in [6.45, 7) is 0. The van der Waals surface area contributed by atoms with E-state index in [1.807, 2.05) is 13.1 Å². The Kier molecular flexibility index (Phi) is 4.43. The minimum absolute atomic E-state index is 0.234. The molecule has 2 aliphatic rings. The summed E-state index contributed by atoms with van der Waals surface area (Å²) in [5, 5.41) is 3.46. The molecule has 2 bridgehead atoms. The molecule has 2 aliphatic heterocycles. The molecule has 0 spiro atoms. The van der Waals surface area contributed by atoms with Gasteiger partial charge in [0.2, 0.25) is 0 Å². The molecule has 0 radical (unpaired) electrons. The van der Waals surface area contributed by atoms with Crippen LogP contribution in [-0.2, 0) is 4.74 Å². The maximum absolute atomic E-state index is 6.02. The van der Waals surface area contributed by atoms with Crippen LogP contribution in [0.3, 0.4) is 0 Å². The first kappa shape index (κ1) is 15.1. The van der Waals surface area contributed by atoms with Crippen LogP contribution in [0.1, 0.15) is 30.9 Å². The van der Waals surface area contributed by atoms with E-state index in [1.54, 1.807) is 14.2 Å². The maximum Gasteiger partial charge on any atom is 0.141 e. The standard InChI is InChI=1S/C16H22BrNO3/c1-18-15(11-8-9-4-6-12(11)21-9)10-5-7-13(19-2)14(17)16(10)20-3/h5,7,9,11-12,15,18H,4,6,8H2,1-3H3. The largest absolute Gasteiger partial charge is 0.495 e. The Morgan fingerprint density at radius 1 is 1.29 bits per heavy atom. The molecule has 4 atom stereocenters. The number of hydrogen-bond acceptors (Lipinski definition) is 4. The highest BCUT2D eigenvalue weighted by molar-refractivity contribution is 9.10. The lowest BCUT2D eigenvalue weighted by Gasteiger charge is -2.30. The van der Waals surface area contributed by atoms with Crippen molar-refractivity contribution in [2.24, 2.45) is 5.92 Å². The third-order valence-electron chi connectivity index (χ3n) is 4.74. The number of rotatable bonds is 5. The molecular weight excluding hydrogens is 334 g/mol. The first-order valence-corrected chi connectivity index (χ1v) is 8.22. The second-order valence-electron chi connectivity index (χ2n) is 5.74. The molecule has 116 valence electrons. The summed E-state index contributed by atoms with van der Waals surface area (Å²) in [7, 11) is 5.37. The van der Waals surface area contributed by atoms with Gasteiger partial charge >= 0.3 is 0 Å². The third-order valence-corrected chi connectivity index (χ3v) is 5.49. The van der Waals surface area contributed by atoms with Crippen molar-refractivity contribution in [1.82, 2.24) is 5.32 Å². The fraction of sp³-hybridized carbons (Fsp3) is 0.625. The summed E-state index contributed by atoms with van der Waals surface area (Å²) >= 11 is 3.59. The van der Waals surface area contributed by atoms with Crippen LogP contribution >= 0.6 is 15.9 Å². The number of methoxy groups -OCH3 is 2. The molecule has 0 saturated carbocycles. The van der Waals surface area contributed by atoms with Crippen LogP contribution in [0.15, 0.2) is 16.6 Å². The molecule has 3 rings (SSSR count). The van der Waals surface area contributed by atoms with Crippen molar-refractivity contribution in [2.45, 2.75) is 37.5 Å². The molecule has 1 aromatic carbocycles. The molecule has 0 aliphatic carbocycles. The molecule has 1 aromatic rings. The van der Waals surface area contributed by atoms with E-state index >= 15 is 0 Å². The van der Waals surface area contributed by atoms with Crippen LogP contribution in [0.5, 0.6) is 11.5 Å². The fourth-order valence-corrected chi connectivity index (χ4v) is 4.48. The molecule has 4 nitrogen and oxygen atoms in total. The zero-order chi connectivity index (χ0) is 15.0. The summed E-state index contributed by atoms with van der Waals surface area (Å²) < 4.78 is 17.9. The molecule has 2 saturated heterocycles. The van der Waals surface area contributed by atoms with E-state index in [-0.39, 0.29) is 6.04 Å². The number of ether oxygens (including phenoxy) is 3. The average molecular weight is 356 g/mol. The van der Waals surface area contributed by atoms with Crippen molar-refractivity contribution in [3.8, 4) is 11.5 Å². The lowest BCUT2D eigenvalue weighted by molar-refractivity contribution is 0.0861. The first-order valence-electron chi connectivity index (χ1n) is 7.42. The fourth-order valence-electron chi connectivity index (χ4n) is 3.79. The minimum atomic E-state index is 0.234. The highest BCUT2D eigenvalue weighted by Crippen LogP contribution is 2.48. The lowest BCUT2D eigenvalue weighted by Crippen LogP contribution is -2.32. The smallest absolute Gasteiger partial charge is 0.141 e. The number of halogens is 1. The number of hydrogen-bond donors (Lipinski definition) is 1. The van der Waals surface area contributed by atoms with Crippen LogP contribution in [0, 0.1) is 5.92 Å². The van der Waals surface area contributed by atoms with Crippen molar-refractivity contribution >= 4 is 15.9 Å². The van der Waals surface area contributed by atoms with Gasteiger partial charge in [0.05, 0.1) is 26.4 Å². The van der Waals surface area contributed by atoms with Gasteiger partial charge in [-0.1, -0.05) is 0 Å². The second kappa shape index (κ2) is 6.15. The first-order chi connectivity index (χ1) is 10.2. The zero-order valence-corrected chi connectivity index (χ0v) is 14.3. The quantitative estimate of drug-likeness (QED) is 0.879. The van der Waals surface area contributed by atoms with Gasteiger partial charge in [0.25, 0.3) is 0 Å². The monoisotopic (exact) mass is 355 g/mol. The Bertz CT molecular complexity index is 522.